The molecule has 1 aliphatic heterocycles. The number of rotatable bonds is 27. The van der Waals surface area contributed by atoms with Crippen molar-refractivity contribution in [3.63, 3.8) is 0 Å². The van der Waals surface area contributed by atoms with Gasteiger partial charge in [-0.1, -0.05) is 57.9 Å². The number of amides is 3. The predicted octanol–water partition coefficient (Wildman–Crippen LogP) is 5.91. The summed E-state index contributed by atoms with van der Waals surface area (Å²) in [6.45, 7) is 14.0. The number of nitrogens with one attached hydrogen (secondary N) is 2. The molecule has 1 aliphatic rings. The lowest BCUT2D eigenvalue weighted by Gasteiger charge is -2.40. The molecule has 2 unspecified atom stereocenters. The number of benzene rings is 1. The maximum absolute atomic E-state index is 15.1. The molecule has 4 rings (SSSR count). The summed E-state index contributed by atoms with van der Waals surface area (Å²) in [5.74, 6) is -3.72. The first kappa shape index (κ1) is 54.2. The monoisotopic (exact) mass is 952 g/mol. The Bertz CT molecular complexity index is 2110. The van der Waals surface area contributed by atoms with Gasteiger partial charge in [-0.3, -0.25) is 38.3 Å². The first-order chi connectivity index (χ1) is 31.7. The van der Waals surface area contributed by atoms with Gasteiger partial charge in [-0.25, -0.2) is 4.98 Å². The van der Waals surface area contributed by atoms with E-state index in [-0.39, 0.29) is 54.6 Å². The van der Waals surface area contributed by atoms with Crippen LogP contribution in [0.4, 0.5) is 5.69 Å². The Labute approximate surface area is 398 Å². The van der Waals surface area contributed by atoms with Gasteiger partial charge in [-0.05, 0) is 108 Å². The van der Waals surface area contributed by atoms with E-state index in [4.69, 9.17) is 15.6 Å². The third-order valence-electron chi connectivity index (χ3n) is 12.7. The van der Waals surface area contributed by atoms with Crippen LogP contribution < -0.4 is 16.4 Å². The topological polar surface area (TPSA) is 252 Å². The number of unbranched alkanes of at least 4 members (excludes halogenated alkanes) is 1. The van der Waals surface area contributed by atoms with E-state index in [1.807, 2.05) is 62.9 Å². The number of aliphatic carboxylic acids is 2. The molecule has 67 heavy (non-hydrogen) atoms. The summed E-state index contributed by atoms with van der Waals surface area (Å²) in [4.78, 5) is 87.4. The van der Waals surface area contributed by atoms with Crippen LogP contribution in [-0.2, 0) is 48.1 Å². The number of aromatic nitrogens is 4. The fraction of sp³-hybridized carbons (Fsp3) is 0.646. The predicted molar refractivity (Wildman–Crippen MR) is 255 cm³/mol. The second-order valence-electron chi connectivity index (χ2n) is 19.0. The third-order valence-corrected chi connectivity index (χ3v) is 13.6. The highest BCUT2D eigenvalue weighted by Gasteiger charge is 2.39. The van der Waals surface area contributed by atoms with Crippen LogP contribution in [0.25, 0.3) is 0 Å². The van der Waals surface area contributed by atoms with Crippen LogP contribution in [0.3, 0.4) is 0 Å². The number of likely N-dealkylation sites (N-methyl/N-ethyl adjacent to an activating group) is 1. The number of hydrogen-bond acceptors (Lipinski definition) is 13. The van der Waals surface area contributed by atoms with E-state index in [2.05, 4.69) is 25.9 Å². The maximum atomic E-state index is 15.1. The second-order valence-corrected chi connectivity index (χ2v) is 19.9. The number of nitrogens with zero attached hydrogens (tertiary/aromatic N) is 6. The molecule has 1 aromatic carbocycles. The number of carboxylic acid groups (broad SMARTS) is 2. The number of likely N-dealkylation sites (tertiary alicyclic amines) is 1. The number of esters is 1. The molecule has 0 saturated carbocycles. The van der Waals surface area contributed by atoms with Crippen molar-refractivity contribution in [3.05, 3.63) is 57.8 Å². The van der Waals surface area contributed by atoms with Gasteiger partial charge in [0.05, 0.1) is 17.2 Å². The van der Waals surface area contributed by atoms with E-state index in [1.165, 1.54) is 6.92 Å². The molecule has 3 heterocycles. The number of carbonyl (C=O) groups is 6. The highest BCUT2D eigenvalue weighted by Crippen LogP contribution is 2.32. The number of nitrogens with two attached hydrogens (primary N) is 1. The Kier molecular flexibility index (Phi) is 20.7. The van der Waals surface area contributed by atoms with Gasteiger partial charge in [0, 0.05) is 62.2 Å². The van der Waals surface area contributed by atoms with Gasteiger partial charge in [0.1, 0.15) is 16.7 Å². The van der Waals surface area contributed by atoms with Crippen molar-refractivity contribution in [3.8, 4) is 0 Å². The number of carbonyl (C=O) groups excluding carboxylic acids is 4. The SMILES string of the molecule is CC[C@H](C)[C@H](NC(=O)C1CCCCN1C)C(=O)N(CCCCc1cn(CCCC(=O)O)nn1)[C@H](C[C@@H](OC(C)=O)c1nc(C(=O)NC(Cc2ccc(N)cc2)CC(C)(C)C(=O)O)cs1)C(C)C. The number of piperidine rings is 1. The third kappa shape index (κ3) is 16.7. The number of anilines is 1. The standard InChI is InChI=1S/C48H73N9O9S/c1-9-31(4)42(52-44(62)38-16-11-12-22-55(38)8)46(63)57(24-13-10-15-35-28-56(54-53-35)23-14-17-41(59)60)39(30(2)3)26-40(66-32(5)58)45-51-37(29-67-45)43(61)50-36(27-48(6,7)47(64)65)25-33-18-20-34(49)21-19-33/h18-21,28-31,36,38-40,42H,9-17,22-27,49H2,1-8H3,(H,50,61)(H,52,62)(H,59,60)(H,64,65)/t31-,36?,38?,39+,40+,42-/m0/s1. The lowest BCUT2D eigenvalue weighted by atomic mass is 9.84. The number of aryl methyl sites for hydroxylation is 2. The molecule has 0 aliphatic carbocycles. The largest absolute Gasteiger partial charge is 0.481 e. The van der Waals surface area contributed by atoms with E-state index in [0.717, 1.165) is 42.0 Å². The van der Waals surface area contributed by atoms with Crippen molar-refractivity contribution in [2.45, 2.75) is 162 Å². The van der Waals surface area contributed by atoms with Gasteiger partial charge in [-0.15, -0.1) is 16.4 Å². The molecular weight excluding hydrogens is 879 g/mol. The minimum Gasteiger partial charge on any atom is -0.481 e. The average Bonchev–Trinajstić information content (AvgIpc) is 3.95. The number of nitrogen functional groups attached to an aromatic ring is 1. The minimum absolute atomic E-state index is 0.0318. The van der Waals surface area contributed by atoms with Crippen LogP contribution in [0.2, 0.25) is 0 Å². The second kappa shape index (κ2) is 25.6. The summed E-state index contributed by atoms with van der Waals surface area (Å²) in [5, 5.41) is 35.5. The van der Waals surface area contributed by atoms with Crippen LogP contribution in [0.15, 0.2) is 35.8 Å². The Balaban J connectivity index is 1.62. The molecule has 18 nitrogen and oxygen atoms in total. The van der Waals surface area contributed by atoms with Gasteiger partial charge >= 0.3 is 17.9 Å². The first-order valence-corrected chi connectivity index (χ1v) is 24.5. The Morgan fingerprint density at radius 2 is 1.75 bits per heavy atom. The molecule has 0 radical (unpaired) electrons. The van der Waals surface area contributed by atoms with Crippen molar-refractivity contribution < 1.29 is 43.7 Å². The first-order valence-electron chi connectivity index (χ1n) is 23.6. The summed E-state index contributed by atoms with van der Waals surface area (Å²) in [7, 11) is 1.93. The van der Waals surface area contributed by atoms with Crippen LogP contribution in [0, 0.1) is 17.3 Å². The quantitative estimate of drug-likeness (QED) is 0.0339. The van der Waals surface area contributed by atoms with E-state index >= 15 is 4.79 Å². The van der Waals surface area contributed by atoms with Crippen LogP contribution in [-0.4, -0.2) is 120 Å². The molecule has 6 N–H and O–H groups in total. The lowest BCUT2D eigenvalue weighted by molar-refractivity contribution is -0.150. The number of thiazole rings is 1. The molecule has 1 fully saturated rings. The molecule has 0 spiro atoms. The normalized spacial score (nSPS) is 16.6. The molecule has 19 heteroatoms. The van der Waals surface area contributed by atoms with Crippen molar-refractivity contribution in [1.29, 1.82) is 0 Å². The van der Waals surface area contributed by atoms with E-state index in [9.17, 15) is 29.1 Å². The fourth-order valence-corrected chi connectivity index (χ4v) is 9.33. The molecule has 370 valence electrons. The summed E-state index contributed by atoms with van der Waals surface area (Å²) in [6, 6.07) is 4.92. The number of ether oxygens (including phenoxy) is 1. The molecule has 2 aromatic heterocycles. The zero-order chi connectivity index (χ0) is 49.4. The molecule has 3 aromatic rings. The number of carboxylic acids is 2. The summed E-state index contributed by atoms with van der Waals surface area (Å²) in [6.07, 6.45) is 7.02. The highest BCUT2D eigenvalue weighted by molar-refractivity contribution is 7.09. The Morgan fingerprint density at radius 3 is 2.37 bits per heavy atom. The lowest BCUT2D eigenvalue weighted by Crippen LogP contribution is -2.59. The van der Waals surface area contributed by atoms with Gasteiger partial charge in [-0.2, -0.15) is 0 Å². The molecule has 6 atom stereocenters. The minimum atomic E-state index is -1.15. The van der Waals surface area contributed by atoms with Crippen LogP contribution >= 0.6 is 11.3 Å². The zero-order valence-corrected chi connectivity index (χ0v) is 41.3. The van der Waals surface area contributed by atoms with E-state index in [0.29, 0.717) is 68.7 Å². The molecular formula is C48H73N9O9S. The Morgan fingerprint density at radius 1 is 1.03 bits per heavy atom. The van der Waals surface area contributed by atoms with Crippen LogP contribution in [0.1, 0.15) is 146 Å². The molecule has 1 saturated heterocycles. The fourth-order valence-electron chi connectivity index (χ4n) is 8.49. The molecule has 0 bridgehead atoms. The van der Waals surface area contributed by atoms with Gasteiger partial charge in [0.2, 0.25) is 11.8 Å². The van der Waals surface area contributed by atoms with Crippen molar-refractivity contribution in [2.75, 3.05) is 25.9 Å². The van der Waals surface area contributed by atoms with Crippen molar-refractivity contribution >= 4 is 52.7 Å². The van der Waals surface area contributed by atoms with E-state index < -0.39 is 53.5 Å². The van der Waals surface area contributed by atoms with Crippen molar-refractivity contribution in [2.24, 2.45) is 17.3 Å². The highest BCUT2D eigenvalue weighted by atomic mass is 32.1. The molecule has 3 amide bonds. The van der Waals surface area contributed by atoms with Crippen molar-refractivity contribution in [1.82, 2.24) is 40.4 Å². The van der Waals surface area contributed by atoms with Gasteiger partial charge in [0.15, 0.2) is 6.10 Å². The Hall–Kier alpha value is -5.43. The summed E-state index contributed by atoms with van der Waals surface area (Å²) < 4.78 is 7.59. The van der Waals surface area contributed by atoms with Gasteiger partial charge < -0.3 is 36.2 Å². The average molecular weight is 952 g/mol. The maximum Gasteiger partial charge on any atom is 0.309 e. The summed E-state index contributed by atoms with van der Waals surface area (Å²) >= 11 is 1.15. The number of hydrogen-bond donors (Lipinski definition) is 5. The van der Waals surface area contributed by atoms with Crippen LogP contribution in [0.5, 0.6) is 0 Å². The summed E-state index contributed by atoms with van der Waals surface area (Å²) in [5.41, 5.74) is 7.01. The van der Waals surface area contributed by atoms with Gasteiger partial charge in [0.25, 0.3) is 5.91 Å². The van der Waals surface area contributed by atoms with E-state index in [1.54, 1.807) is 36.0 Å². The zero-order valence-electron chi connectivity index (χ0n) is 40.5. The smallest absolute Gasteiger partial charge is 0.309 e.